The highest BCUT2D eigenvalue weighted by atomic mass is 127. The second-order valence-electron chi connectivity index (χ2n) is 5.63. The number of rotatable bonds is 8. The van der Waals surface area contributed by atoms with Gasteiger partial charge in [-0.3, -0.25) is 4.79 Å². The highest BCUT2D eigenvalue weighted by Gasteiger charge is 2.22. The lowest BCUT2D eigenvalue weighted by Crippen LogP contribution is -2.17. The van der Waals surface area contributed by atoms with Gasteiger partial charge in [-0.25, -0.2) is 0 Å². The molecule has 0 atom stereocenters. The number of ether oxygens (including phenoxy) is 3. The van der Waals surface area contributed by atoms with E-state index in [1.165, 1.54) is 11.8 Å². The van der Waals surface area contributed by atoms with Gasteiger partial charge in [0.15, 0.2) is 11.5 Å². The van der Waals surface area contributed by atoms with Crippen molar-refractivity contribution in [3.63, 3.8) is 0 Å². The van der Waals surface area contributed by atoms with Gasteiger partial charge in [0.2, 0.25) is 0 Å². The fourth-order valence-electron chi connectivity index (χ4n) is 2.47. The summed E-state index contributed by atoms with van der Waals surface area (Å²) in [6.45, 7) is 3.23. The molecule has 0 spiro atoms. The van der Waals surface area contributed by atoms with Gasteiger partial charge in [-0.1, -0.05) is 42.2 Å². The van der Waals surface area contributed by atoms with Crippen molar-refractivity contribution in [1.29, 1.82) is 0 Å². The number of benzene rings is 2. The maximum Gasteiger partial charge on any atom is 0.263 e. The maximum atomic E-state index is 11.9. The Bertz CT molecular complexity index is 903. The number of hydrogen-bond donors (Lipinski definition) is 1. The zero-order valence-electron chi connectivity index (χ0n) is 15.1. The number of carbonyl (C=O) groups excluding carboxylic acids is 1. The highest BCUT2D eigenvalue weighted by Crippen LogP contribution is 2.36. The first kappa shape index (κ1) is 20.9. The summed E-state index contributed by atoms with van der Waals surface area (Å²) in [5.41, 5.74) is 0.850. The van der Waals surface area contributed by atoms with Gasteiger partial charge in [-0.15, -0.1) is 0 Å². The summed E-state index contributed by atoms with van der Waals surface area (Å²) >= 11 is 8.49. The molecule has 0 aliphatic carbocycles. The van der Waals surface area contributed by atoms with Crippen LogP contribution in [0.2, 0.25) is 0 Å². The van der Waals surface area contributed by atoms with Crippen molar-refractivity contribution in [1.82, 2.24) is 5.32 Å². The molecule has 0 radical (unpaired) electrons. The van der Waals surface area contributed by atoms with E-state index in [2.05, 4.69) is 27.9 Å². The van der Waals surface area contributed by atoms with Crippen molar-refractivity contribution < 1.29 is 19.0 Å². The zero-order chi connectivity index (χ0) is 19.9. The van der Waals surface area contributed by atoms with E-state index in [1.54, 1.807) is 6.08 Å². The van der Waals surface area contributed by atoms with Crippen molar-refractivity contribution in [3.05, 3.63) is 56.5 Å². The van der Waals surface area contributed by atoms with Gasteiger partial charge in [0.25, 0.3) is 5.91 Å². The molecule has 2 aromatic rings. The molecule has 1 heterocycles. The van der Waals surface area contributed by atoms with Crippen LogP contribution in [-0.4, -0.2) is 30.0 Å². The average Bonchev–Trinajstić information content (AvgIpc) is 2.98. The minimum atomic E-state index is -0.179. The van der Waals surface area contributed by atoms with E-state index in [0.29, 0.717) is 40.5 Å². The molecule has 1 fully saturated rings. The number of hydrogen-bond acceptors (Lipinski definition) is 6. The van der Waals surface area contributed by atoms with Crippen LogP contribution in [0.15, 0.2) is 47.4 Å². The third-order valence-electron chi connectivity index (χ3n) is 3.61. The van der Waals surface area contributed by atoms with Gasteiger partial charge >= 0.3 is 0 Å². The molecule has 1 aliphatic heterocycles. The van der Waals surface area contributed by atoms with Gasteiger partial charge in [-0.2, -0.15) is 0 Å². The molecule has 0 unspecified atom stereocenters. The lowest BCUT2D eigenvalue weighted by Gasteiger charge is -2.15. The first-order valence-electron chi connectivity index (χ1n) is 8.58. The Hall–Kier alpha value is -1.78. The minimum absolute atomic E-state index is 0.179. The number of para-hydroxylation sites is 1. The fraction of sp³-hybridized carbons (Fsp3) is 0.200. The number of amides is 1. The third-order valence-corrected chi connectivity index (χ3v) is 5.58. The van der Waals surface area contributed by atoms with Crippen molar-refractivity contribution in [2.45, 2.75) is 6.92 Å². The largest absolute Gasteiger partial charge is 0.490 e. The molecule has 28 heavy (non-hydrogen) atoms. The number of halogens is 1. The molecule has 2 aromatic carbocycles. The first-order chi connectivity index (χ1) is 13.6. The van der Waals surface area contributed by atoms with E-state index in [4.69, 9.17) is 26.4 Å². The molecule has 0 saturated carbocycles. The Balaban J connectivity index is 1.71. The van der Waals surface area contributed by atoms with Crippen LogP contribution in [0.3, 0.4) is 0 Å². The molecular formula is C20H18INO4S2. The fourth-order valence-corrected chi connectivity index (χ4v) is 4.29. The van der Waals surface area contributed by atoms with Crippen molar-refractivity contribution in [2.24, 2.45) is 0 Å². The van der Waals surface area contributed by atoms with Crippen LogP contribution < -0.4 is 19.5 Å². The monoisotopic (exact) mass is 527 g/mol. The van der Waals surface area contributed by atoms with Gasteiger partial charge in [0.05, 0.1) is 15.1 Å². The Morgan fingerprint density at radius 1 is 1.14 bits per heavy atom. The minimum Gasteiger partial charge on any atom is -0.490 e. The summed E-state index contributed by atoms with van der Waals surface area (Å²) in [5.74, 6) is 1.92. The Kier molecular flexibility index (Phi) is 7.57. The van der Waals surface area contributed by atoms with Gasteiger partial charge in [-0.05, 0) is 65.4 Å². The molecule has 1 aliphatic rings. The predicted molar refractivity (Wildman–Crippen MR) is 124 cm³/mol. The summed E-state index contributed by atoms with van der Waals surface area (Å²) in [7, 11) is 0. The van der Waals surface area contributed by atoms with E-state index in [-0.39, 0.29) is 5.91 Å². The summed E-state index contributed by atoms with van der Waals surface area (Å²) in [6.07, 6.45) is 1.80. The average molecular weight is 527 g/mol. The van der Waals surface area contributed by atoms with Crippen LogP contribution in [0.25, 0.3) is 6.08 Å². The van der Waals surface area contributed by atoms with Crippen LogP contribution in [0.4, 0.5) is 0 Å². The van der Waals surface area contributed by atoms with Crippen molar-refractivity contribution >= 4 is 62.9 Å². The van der Waals surface area contributed by atoms with Crippen LogP contribution in [0, 0.1) is 3.57 Å². The second kappa shape index (κ2) is 10.1. The zero-order valence-corrected chi connectivity index (χ0v) is 18.9. The maximum absolute atomic E-state index is 11.9. The van der Waals surface area contributed by atoms with E-state index < -0.39 is 0 Å². The molecule has 0 aromatic heterocycles. The van der Waals surface area contributed by atoms with E-state index >= 15 is 0 Å². The molecular weight excluding hydrogens is 509 g/mol. The standard InChI is InChI=1S/C20H18INO4S2/c1-2-24-16-11-13(12-17-19(23)22-20(27)28-17)10-15(21)18(16)26-9-8-25-14-6-4-3-5-7-14/h3-7,10-12H,2,8-9H2,1H3,(H,22,23,27)/b17-12-. The lowest BCUT2D eigenvalue weighted by atomic mass is 10.2. The van der Waals surface area contributed by atoms with Gasteiger partial charge in [0.1, 0.15) is 23.3 Å². The molecule has 5 nitrogen and oxygen atoms in total. The van der Waals surface area contributed by atoms with Crippen LogP contribution in [0.5, 0.6) is 17.2 Å². The molecule has 1 saturated heterocycles. The number of carbonyl (C=O) groups is 1. The third kappa shape index (κ3) is 5.62. The van der Waals surface area contributed by atoms with E-state index in [0.717, 1.165) is 14.9 Å². The summed E-state index contributed by atoms with van der Waals surface area (Å²) in [5, 5.41) is 2.62. The van der Waals surface area contributed by atoms with E-state index in [9.17, 15) is 4.79 Å². The Labute approximate surface area is 187 Å². The Morgan fingerprint density at radius 2 is 1.89 bits per heavy atom. The summed E-state index contributed by atoms with van der Waals surface area (Å²) < 4.78 is 18.7. The second-order valence-corrected chi connectivity index (χ2v) is 8.51. The topological polar surface area (TPSA) is 56.8 Å². The van der Waals surface area contributed by atoms with Crippen LogP contribution in [0.1, 0.15) is 12.5 Å². The molecule has 8 heteroatoms. The first-order valence-corrected chi connectivity index (χ1v) is 10.9. The number of nitrogens with one attached hydrogen (secondary N) is 1. The lowest BCUT2D eigenvalue weighted by molar-refractivity contribution is -0.115. The van der Waals surface area contributed by atoms with Crippen LogP contribution >= 0.6 is 46.6 Å². The Morgan fingerprint density at radius 3 is 2.57 bits per heavy atom. The SMILES string of the molecule is CCOc1cc(/C=C2\SC(=S)NC2=O)cc(I)c1OCCOc1ccccc1. The quantitative estimate of drug-likeness (QED) is 0.234. The molecule has 3 rings (SSSR count). The highest BCUT2D eigenvalue weighted by molar-refractivity contribution is 14.1. The molecule has 146 valence electrons. The molecule has 1 N–H and O–H groups in total. The molecule has 1 amide bonds. The number of thioether (sulfide) groups is 1. The summed E-state index contributed by atoms with van der Waals surface area (Å²) in [4.78, 5) is 12.4. The number of thiocarbonyl (C=S) groups is 1. The predicted octanol–water partition coefficient (Wildman–Crippen LogP) is 4.64. The van der Waals surface area contributed by atoms with E-state index in [1.807, 2.05) is 49.4 Å². The smallest absolute Gasteiger partial charge is 0.263 e. The molecule has 0 bridgehead atoms. The summed E-state index contributed by atoms with van der Waals surface area (Å²) in [6, 6.07) is 13.4. The normalized spacial score (nSPS) is 14.9. The van der Waals surface area contributed by atoms with Gasteiger partial charge < -0.3 is 19.5 Å². The van der Waals surface area contributed by atoms with Crippen LogP contribution in [-0.2, 0) is 4.79 Å². The van der Waals surface area contributed by atoms with Crippen molar-refractivity contribution in [2.75, 3.05) is 19.8 Å². The van der Waals surface area contributed by atoms with Crippen molar-refractivity contribution in [3.8, 4) is 17.2 Å². The van der Waals surface area contributed by atoms with Gasteiger partial charge in [0, 0.05) is 0 Å².